The van der Waals surface area contributed by atoms with Gasteiger partial charge in [-0.3, -0.25) is 0 Å². The lowest BCUT2D eigenvalue weighted by atomic mass is 10.0. The molecule has 0 aliphatic carbocycles. The van der Waals surface area contributed by atoms with Crippen LogP contribution in [0.2, 0.25) is 0 Å². The summed E-state index contributed by atoms with van der Waals surface area (Å²) in [5.74, 6) is 0.834. The van der Waals surface area contributed by atoms with E-state index in [1.807, 2.05) is 0 Å². The van der Waals surface area contributed by atoms with Gasteiger partial charge in [-0.2, -0.15) is 0 Å². The molecule has 2 rings (SSSR count). The van der Waals surface area contributed by atoms with E-state index in [0.29, 0.717) is 0 Å². The summed E-state index contributed by atoms with van der Waals surface area (Å²) in [6.45, 7) is 5.73. The second kappa shape index (κ2) is 4.67. The molecule has 1 fully saturated rings. The van der Waals surface area contributed by atoms with E-state index >= 15 is 0 Å². The number of anilines is 1. The van der Waals surface area contributed by atoms with Crippen molar-refractivity contribution in [2.45, 2.75) is 13.3 Å². The standard InChI is InChI=1S/C13H20N2/c1-3-11-5-4-6-13(7-11)15(2)10-12-8-14-9-12/h4-7,12,14H,3,8-10H2,1-2H3. The van der Waals surface area contributed by atoms with Crippen LogP contribution in [0.15, 0.2) is 24.3 Å². The molecule has 0 bridgehead atoms. The van der Waals surface area contributed by atoms with Crippen LogP contribution in [-0.2, 0) is 6.42 Å². The fraction of sp³-hybridized carbons (Fsp3) is 0.538. The van der Waals surface area contributed by atoms with E-state index in [1.54, 1.807) is 0 Å². The van der Waals surface area contributed by atoms with E-state index in [0.717, 1.165) is 12.3 Å². The molecule has 0 spiro atoms. The van der Waals surface area contributed by atoms with Gasteiger partial charge in [-0.15, -0.1) is 0 Å². The first kappa shape index (κ1) is 10.5. The highest BCUT2D eigenvalue weighted by Crippen LogP contribution is 2.17. The van der Waals surface area contributed by atoms with E-state index in [4.69, 9.17) is 0 Å². The van der Waals surface area contributed by atoms with Gasteiger partial charge in [0, 0.05) is 38.3 Å². The summed E-state index contributed by atoms with van der Waals surface area (Å²) in [5.41, 5.74) is 2.77. The Labute approximate surface area is 92.3 Å². The molecule has 0 amide bonds. The first-order valence-corrected chi connectivity index (χ1v) is 5.80. The van der Waals surface area contributed by atoms with Crippen molar-refractivity contribution in [2.75, 3.05) is 31.6 Å². The smallest absolute Gasteiger partial charge is 0.0366 e. The molecule has 0 saturated carbocycles. The van der Waals surface area contributed by atoms with Crippen molar-refractivity contribution >= 4 is 5.69 Å². The van der Waals surface area contributed by atoms with Crippen molar-refractivity contribution < 1.29 is 0 Å². The summed E-state index contributed by atoms with van der Waals surface area (Å²) in [7, 11) is 2.19. The van der Waals surface area contributed by atoms with Gasteiger partial charge in [0.05, 0.1) is 0 Å². The Kier molecular flexibility index (Phi) is 3.27. The minimum absolute atomic E-state index is 0.834. The maximum absolute atomic E-state index is 3.31. The number of benzene rings is 1. The van der Waals surface area contributed by atoms with Crippen LogP contribution < -0.4 is 10.2 Å². The number of rotatable bonds is 4. The molecule has 1 saturated heterocycles. The van der Waals surface area contributed by atoms with Crippen molar-refractivity contribution in [3.63, 3.8) is 0 Å². The highest BCUT2D eigenvalue weighted by molar-refractivity contribution is 5.48. The summed E-state index contributed by atoms with van der Waals surface area (Å²) >= 11 is 0. The van der Waals surface area contributed by atoms with Crippen LogP contribution in [0.4, 0.5) is 5.69 Å². The molecule has 1 aromatic rings. The molecule has 82 valence electrons. The monoisotopic (exact) mass is 204 g/mol. The Balaban J connectivity index is 1.99. The van der Waals surface area contributed by atoms with Gasteiger partial charge in [-0.1, -0.05) is 19.1 Å². The lowest BCUT2D eigenvalue weighted by Crippen LogP contribution is -2.47. The average Bonchev–Trinajstić information content (AvgIpc) is 2.23. The zero-order valence-corrected chi connectivity index (χ0v) is 9.66. The molecule has 15 heavy (non-hydrogen) atoms. The van der Waals surface area contributed by atoms with Gasteiger partial charge in [-0.25, -0.2) is 0 Å². The quantitative estimate of drug-likeness (QED) is 0.806. The minimum Gasteiger partial charge on any atom is -0.374 e. The van der Waals surface area contributed by atoms with E-state index in [1.165, 1.54) is 30.9 Å². The molecule has 0 unspecified atom stereocenters. The molecule has 2 heteroatoms. The highest BCUT2D eigenvalue weighted by atomic mass is 15.1. The third kappa shape index (κ3) is 2.51. The van der Waals surface area contributed by atoms with Crippen LogP contribution in [0.1, 0.15) is 12.5 Å². The SMILES string of the molecule is CCc1cccc(N(C)CC2CNC2)c1. The van der Waals surface area contributed by atoms with Gasteiger partial charge < -0.3 is 10.2 Å². The summed E-state index contributed by atoms with van der Waals surface area (Å²) < 4.78 is 0. The van der Waals surface area contributed by atoms with Gasteiger partial charge in [0.2, 0.25) is 0 Å². The normalized spacial score (nSPS) is 16.1. The van der Waals surface area contributed by atoms with Crippen LogP contribution >= 0.6 is 0 Å². The second-order valence-corrected chi connectivity index (χ2v) is 4.43. The summed E-state index contributed by atoms with van der Waals surface area (Å²) in [6, 6.07) is 8.85. The molecule has 1 aliphatic rings. The Bertz CT molecular complexity index is 318. The van der Waals surface area contributed by atoms with E-state index in [-0.39, 0.29) is 0 Å². The van der Waals surface area contributed by atoms with Crippen molar-refractivity contribution in [1.29, 1.82) is 0 Å². The number of nitrogens with one attached hydrogen (secondary N) is 1. The van der Waals surface area contributed by atoms with Crippen molar-refractivity contribution in [1.82, 2.24) is 5.32 Å². The van der Waals surface area contributed by atoms with E-state index < -0.39 is 0 Å². The Hall–Kier alpha value is -1.02. The molecule has 0 aromatic heterocycles. The zero-order valence-electron chi connectivity index (χ0n) is 9.66. The number of hydrogen-bond acceptors (Lipinski definition) is 2. The average molecular weight is 204 g/mol. The van der Waals surface area contributed by atoms with Gasteiger partial charge in [0.1, 0.15) is 0 Å². The molecule has 2 nitrogen and oxygen atoms in total. The predicted molar refractivity (Wildman–Crippen MR) is 65.4 cm³/mol. The summed E-state index contributed by atoms with van der Waals surface area (Å²) in [4.78, 5) is 2.37. The second-order valence-electron chi connectivity index (χ2n) is 4.43. The summed E-state index contributed by atoms with van der Waals surface area (Å²) in [5, 5.41) is 3.31. The molecular formula is C13H20N2. The molecule has 0 radical (unpaired) electrons. The third-order valence-corrected chi connectivity index (χ3v) is 3.16. The van der Waals surface area contributed by atoms with Crippen molar-refractivity contribution in [3.8, 4) is 0 Å². The molecule has 1 heterocycles. The molecule has 1 aliphatic heterocycles. The van der Waals surface area contributed by atoms with E-state index in [9.17, 15) is 0 Å². The predicted octanol–water partition coefficient (Wildman–Crippen LogP) is 1.90. The first-order chi connectivity index (χ1) is 7.29. The largest absolute Gasteiger partial charge is 0.374 e. The van der Waals surface area contributed by atoms with Crippen molar-refractivity contribution in [2.24, 2.45) is 5.92 Å². The lowest BCUT2D eigenvalue weighted by molar-refractivity contribution is 0.353. The molecule has 0 atom stereocenters. The fourth-order valence-electron chi connectivity index (χ4n) is 1.98. The van der Waals surface area contributed by atoms with Crippen LogP contribution in [0.3, 0.4) is 0 Å². The lowest BCUT2D eigenvalue weighted by Gasteiger charge is -2.32. The topological polar surface area (TPSA) is 15.3 Å². The fourth-order valence-corrected chi connectivity index (χ4v) is 1.98. The van der Waals surface area contributed by atoms with Gasteiger partial charge in [0.25, 0.3) is 0 Å². The van der Waals surface area contributed by atoms with Crippen LogP contribution in [0.5, 0.6) is 0 Å². The highest BCUT2D eigenvalue weighted by Gasteiger charge is 2.18. The minimum atomic E-state index is 0.834. The summed E-state index contributed by atoms with van der Waals surface area (Å²) in [6.07, 6.45) is 1.12. The van der Waals surface area contributed by atoms with Crippen LogP contribution in [0.25, 0.3) is 0 Å². The maximum Gasteiger partial charge on any atom is 0.0366 e. The van der Waals surface area contributed by atoms with Gasteiger partial charge in [-0.05, 0) is 24.1 Å². The number of nitrogens with zero attached hydrogens (tertiary/aromatic N) is 1. The number of hydrogen-bond donors (Lipinski definition) is 1. The first-order valence-electron chi connectivity index (χ1n) is 5.80. The van der Waals surface area contributed by atoms with Crippen molar-refractivity contribution in [3.05, 3.63) is 29.8 Å². The maximum atomic E-state index is 3.31. The van der Waals surface area contributed by atoms with Gasteiger partial charge in [0.15, 0.2) is 0 Å². The number of aryl methyl sites for hydroxylation is 1. The molecule has 1 N–H and O–H groups in total. The zero-order chi connectivity index (χ0) is 10.7. The molecule has 1 aromatic carbocycles. The Morgan fingerprint density at radius 2 is 2.20 bits per heavy atom. The molecular weight excluding hydrogens is 184 g/mol. The van der Waals surface area contributed by atoms with Crippen LogP contribution in [0, 0.1) is 5.92 Å². The Morgan fingerprint density at radius 3 is 2.80 bits per heavy atom. The van der Waals surface area contributed by atoms with Gasteiger partial charge >= 0.3 is 0 Å². The van der Waals surface area contributed by atoms with E-state index in [2.05, 4.69) is 48.5 Å². The third-order valence-electron chi connectivity index (χ3n) is 3.16. The Morgan fingerprint density at radius 1 is 1.40 bits per heavy atom. The van der Waals surface area contributed by atoms with Crippen LogP contribution in [-0.4, -0.2) is 26.7 Å².